The van der Waals surface area contributed by atoms with Crippen LogP contribution in [0.2, 0.25) is 0 Å². The van der Waals surface area contributed by atoms with Gasteiger partial charge in [0.15, 0.2) is 6.61 Å². The van der Waals surface area contributed by atoms with Gasteiger partial charge < -0.3 is 10.1 Å². The van der Waals surface area contributed by atoms with Gasteiger partial charge in [0, 0.05) is 5.69 Å². The predicted molar refractivity (Wildman–Crippen MR) is 97.4 cm³/mol. The lowest BCUT2D eigenvalue weighted by Crippen LogP contribution is -2.40. The average molecular weight is 398 g/mol. The molecule has 3 amide bonds. The van der Waals surface area contributed by atoms with Crippen molar-refractivity contribution in [3.8, 4) is 0 Å². The number of halogens is 1. The zero-order chi connectivity index (χ0) is 20.3. The molecule has 150 valence electrons. The van der Waals surface area contributed by atoms with E-state index < -0.39 is 30.8 Å². The van der Waals surface area contributed by atoms with Crippen molar-refractivity contribution in [3.63, 3.8) is 0 Å². The van der Waals surface area contributed by atoms with E-state index >= 15 is 0 Å². The number of esters is 1. The number of likely N-dealkylation sites (tertiary alicyclic amines) is 1. The number of rotatable bonds is 5. The van der Waals surface area contributed by atoms with Gasteiger partial charge in [0.05, 0.1) is 11.8 Å². The number of ether oxygens (including phenoxy) is 1. The molecule has 1 aliphatic heterocycles. The third kappa shape index (κ3) is 2.94. The van der Waals surface area contributed by atoms with Crippen molar-refractivity contribution in [2.24, 2.45) is 35.5 Å². The third-order valence-corrected chi connectivity index (χ3v) is 6.53. The van der Waals surface area contributed by atoms with Crippen molar-refractivity contribution in [1.29, 1.82) is 0 Å². The molecule has 4 aliphatic carbocycles. The molecule has 6 unspecified atom stereocenters. The summed E-state index contributed by atoms with van der Waals surface area (Å²) in [6.45, 7) is -1.04. The van der Waals surface area contributed by atoms with E-state index in [4.69, 9.17) is 4.74 Å². The van der Waals surface area contributed by atoms with Crippen LogP contribution in [0.25, 0.3) is 0 Å². The third-order valence-electron chi connectivity index (χ3n) is 6.53. The summed E-state index contributed by atoms with van der Waals surface area (Å²) in [5.41, 5.74) is 0.364. The second-order valence-corrected chi connectivity index (χ2v) is 8.13. The minimum absolute atomic E-state index is 0.0916. The Morgan fingerprint density at radius 2 is 1.62 bits per heavy atom. The summed E-state index contributed by atoms with van der Waals surface area (Å²) < 4.78 is 17.8. The van der Waals surface area contributed by atoms with Gasteiger partial charge in [-0.15, -0.1) is 0 Å². The molecule has 1 aromatic rings. The number of carbonyl (C=O) groups excluding carboxylic acids is 4. The SMILES string of the molecule is O=C(COC(=O)CN1C(=O)C2C3C=CC(C4CC34)C2C1=O)Nc1ccc(F)cc1. The molecule has 2 saturated carbocycles. The van der Waals surface area contributed by atoms with Crippen LogP contribution in [0.5, 0.6) is 0 Å². The largest absolute Gasteiger partial charge is 0.454 e. The molecule has 8 heteroatoms. The van der Waals surface area contributed by atoms with Crippen LogP contribution in [-0.2, 0) is 23.9 Å². The second kappa shape index (κ2) is 6.50. The molecular formula is C21H19FN2O5. The summed E-state index contributed by atoms with van der Waals surface area (Å²) in [6, 6.07) is 5.14. The molecule has 1 heterocycles. The number of hydrogen-bond acceptors (Lipinski definition) is 5. The molecule has 3 fully saturated rings. The van der Waals surface area contributed by atoms with Crippen LogP contribution in [0, 0.1) is 41.3 Å². The van der Waals surface area contributed by atoms with Crippen LogP contribution in [-0.4, -0.2) is 41.7 Å². The molecule has 5 aliphatic rings. The standard InChI is InChI=1S/C21H19FN2O5/c22-10-1-3-11(4-2-10)23-16(25)9-29-17(26)8-24-20(27)18-12-5-6-13(15-7-14(12)15)19(18)21(24)28/h1-6,12-15,18-19H,7-9H2,(H,23,25). The highest BCUT2D eigenvalue weighted by atomic mass is 19.1. The van der Waals surface area contributed by atoms with Crippen molar-refractivity contribution < 1.29 is 28.3 Å². The Morgan fingerprint density at radius 1 is 1.03 bits per heavy atom. The molecular weight excluding hydrogens is 379 g/mol. The van der Waals surface area contributed by atoms with E-state index in [9.17, 15) is 23.6 Å². The summed E-state index contributed by atoms with van der Waals surface area (Å²) >= 11 is 0. The monoisotopic (exact) mass is 398 g/mol. The maximum Gasteiger partial charge on any atom is 0.326 e. The summed E-state index contributed by atoms with van der Waals surface area (Å²) in [7, 11) is 0. The molecule has 1 saturated heterocycles. The van der Waals surface area contributed by atoms with Gasteiger partial charge in [-0.25, -0.2) is 4.39 Å². The Kier molecular flexibility index (Phi) is 4.04. The fourth-order valence-electron chi connectivity index (χ4n) is 5.23. The van der Waals surface area contributed by atoms with E-state index in [0.717, 1.165) is 11.3 Å². The molecule has 2 bridgehead atoms. The molecule has 0 spiro atoms. The normalized spacial score (nSPS) is 33.3. The van der Waals surface area contributed by atoms with Crippen LogP contribution in [0.4, 0.5) is 10.1 Å². The van der Waals surface area contributed by atoms with Gasteiger partial charge in [-0.3, -0.25) is 24.1 Å². The molecule has 1 aromatic carbocycles. The number of carbonyl (C=O) groups is 4. The minimum Gasteiger partial charge on any atom is -0.454 e. The highest BCUT2D eigenvalue weighted by molar-refractivity contribution is 6.08. The van der Waals surface area contributed by atoms with Gasteiger partial charge in [-0.2, -0.15) is 0 Å². The van der Waals surface area contributed by atoms with Gasteiger partial charge in [0.1, 0.15) is 12.4 Å². The van der Waals surface area contributed by atoms with Crippen molar-refractivity contribution in [2.45, 2.75) is 6.42 Å². The molecule has 29 heavy (non-hydrogen) atoms. The molecule has 7 nitrogen and oxygen atoms in total. The minimum atomic E-state index is -0.815. The Bertz CT molecular complexity index is 907. The molecule has 0 radical (unpaired) electrons. The van der Waals surface area contributed by atoms with Crippen LogP contribution < -0.4 is 5.32 Å². The van der Waals surface area contributed by atoms with Crippen molar-refractivity contribution >= 4 is 29.4 Å². The Morgan fingerprint density at radius 3 is 2.21 bits per heavy atom. The Balaban J connectivity index is 1.16. The fraction of sp³-hybridized carbons (Fsp3) is 0.429. The topological polar surface area (TPSA) is 92.8 Å². The maximum absolute atomic E-state index is 12.9. The first kappa shape index (κ1) is 18.0. The zero-order valence-electron chi connectivity index (χ0n) is 15.4. The number of hydrogen-bond donors (Lipinski definition) is 1. The Hall–Kier alpha value is -3.03. The van der Waals surface area contributed by atoms with Gasteiger partial charge >= 0.3 is 5.97 Å². The van der Waals surface area contributed by atoms with Crippen LogP contribution in [0.15, 0.2) is 36.4 Å². The van der Waals surface area contributed by atoms with Gasteiger partial charge in [-0.1, -0.05) is 12.2 Å². The van der Waals surface area contributed by atoms with Crippen molar-refractivity contribution in [3.05, 3.63) is 42.2 Å². The van der Waals surface area contributed by atoms with E-state index in [-0.39, 0.29) is 35.5 Å². The molecule has 6 rings (SSSR count). The second-order valence-electron chi connectivity index (χ2n) is 8.13. The average Bonchev–Trinajstić information content (AvgIpc) is 3.49. The number of nitrogens with one attached hydrogen (secondary N) is 1. The zero-order valence-corrected chi connectivity index (χ0v) is 15.4. The van der Waals surface area contributed by atoms with Crippen LogP contribution in [0.3, 0.4) is 0 Å². The summed E-state index contributed by atoms with van der Waals surface area (Å²) in [4.78, 5) is 50.6. The lowest BCUT2D eigenvalue weighted by Gasteiger charge is -2.37. The van der Waals surface area contributed by atoms with E-state index in [1.807, 2.05) is 0 Å². The van der Waals surface area contributed by atoms with E-state index in [1.165, 1.54) is 24.3 Å². The summed E-state index contributed by atoms with van der Waals surface area (Å²) in [6.07, 6.45) is 5.20. The number of amides is 3. The van der Waals surface area contributed by atoms with Gasteiger partial charge in [0.25, 0.3) is 5.91 Å². The van der Waals surface area contributed by atoms with E-state index in [2.05, 4.69) is 17.5 Å². The predicted octanol–water partition coefficient (Wildman–Crippen LogP) is 1.36. The first-order valence-corrected chi connectivity index (χ1v) is 9.68. The van der Waals surface area contributed by atoms with Gasteiger partial charge in [-0.05, 0) is 54.4 Å². The number of benzene rings is 1. The fourth-order valence-corrected chi connectivity index (χ4v) is 5.23. The van der Waals surface area contributed by atoms with E-state index in [1.54, 1.807) is 0 Å². The van der Waals surface area contributed by atoms with E-state index in [0.29, 0.717) is 17.5 Å². The lowest BCUT2D eigenvalue weighted by atomic mass is 9.63. The van der Waals surface area contributed by atoms with Crippen molar-refractivity contribution in [2.75, 3.05) is 18.5 Å². The first-order valence-electron chi connectivity index (χ1n) is 9.68. The summed E-state index contributed by atoms with van der Waals surface area (Å²) in [5, 5.41) is 2.47. The highest BCUT2D eigenvalue weighted by Crippen LogP contribution is 2.65. The number of anilines is 1. The Labute approximate surface area is 165 Å². The number of nitrogens with zero attached hydrogens (tertiary/aromatic N) is 1. The quantitative estimate of drug-likeness (QED) is 0.459. The smallest absolute Gasteiger partial charge is 0.326 e. The van der Waals surface area contributed by atoms with Gasteiger partial charge in [0.2, 0.25) is 11.8 Å². The molecule has 6 atom stereocenters. The maximum atomic E-state index is 12.9. The van der Waals surface area contributed by atoms with Crippen molar-refractivity contribution in [1.82, 2.24) is 4.90 Å². The first-order chi connectivity index (χ1) is 13.9. The van der Waals surface area contributed by atoms with Crippen LogP contribution >= 0.6 is 0 Å². The summed E-state index contributed by atoms with van der Waals surface area (Å²) in [5.74, 6) is -2.03. The lowest BCUT2D eigenvalue weighted by molar-refractivity contribution is -0.154. The molecule has 1 N–H and O–H groups in total. The molecule has 0 aromatic heterocycles. The number of imide groups is 1. The van der Waals surface area contributed by atoms with Crippen LogP contribution in [0.1, 0.15) is 6.42 Å². The highest BCUT2D eigenvalue weighted by Gasteiger charge is 2.67. The number of allylic oxidation sites excluding steroid dienone is 2.